The van der Waals surface area contributed by atoms with Crippen LogP contribution in [0.5, 0.6) is 0 Å². The highest BCUT2D eigenvalue weighted by atomic mass is 35.5. The highest BCUT2D eigenvalue weighted by Gasteiger charge is 2.38. The van der Waals surface area contributed by atoms with Gasteiger partial charge in [-0.15, -0.1) is 23.7 Å². The average molecular weight is 277 g/mol. The maximum Gasteiger partial charge on any atom is 0.224 e. The van der Waals surface area contributed by atoms with Gasteiger partial charge in [-0.2, -0.15) is 0 Å². The smallest absolute Gasteiger partial charge is 0.224 e. The molecule has 1 fully saturated rings. The third kappa shape index (κ3) is 3.08. The lowest BCUT2D eigenvalue weighted by molar-refractivity contribution is -0.126. The maximum absolute atomic E-state index is 11.3. The molecule has 1 aromatic rings. The number of likely N-dealkylation sites (tertiary alicyclic amines) is 1. The number of nitrogens with two attached hydrogens (primary N) is 2. The van der Waals surface area contributed by atoms with Crippen molar-refractivity contribution in [1.82, 2.24) is 9.88 Å². The van der Waals surface area contributed by atoms with E-state index < -0.39 is 0 Å². The quantitative estimate of drug-likeness (QED) is 0.857. The molecule has 1 amide bonds. The van der Waals surface area contributed by atoms with Crippen LogP contribution in [-0.2, 0) is 11.3 Å². The molecule has 0 saturated carbocycles. The average Bonchev–Trinajstić information content (AvgIpc) is 2.75. The number of hydrogen-bond acceptors (Lipinski definition) is 5. The molecule has 7 heteroatoms. The summed E-state index contributed by atoms with van der Waals surface area (Å²) in [5.74, 6) is -0.209. The van der Waals surface area contributed by atoms with Gasteiger partial charge in [0.2, 0.25) is 5.91 Å². The maximum atomic E-state index is 11.3. The standard InChI is InChI=1S/C10H16N4OS.ClH/c1-10(8(11)15)2-3-14(6-10)5-7-4-13-9(12)16-7;/h4H,2-3,5-6H2,1H3,(H2,11,15)(H2,12,13);1H. The first-order chi connectivity index (χ1) is 7.49. The van der Waals surface area contributed by atoms with Crippen LogP contribution in [0.2, 0.25) is 0 Å². The van der Waals surface area contributed by atoms with E-state index in [1.54, 1.807) is 6.20 Å². The van der Waals surface area contributed by atoms with E-state index in [1.807, 2.05) is 6.92 Å². The summed E-state index contributed by atoms with van der Waals surface area (Å²) in [6.45, 7) is 4.35. The summed E-state index contributed by atoms with van der Waals surface area (Å²) < 4.78 is 0. The van der Waals surface area contributed by atoms with Crippen LogP contribution in [-0.4, -0.2) is 28.9 Å². The zero-order chi connectivity index (χ0) is 11.8. The van der Waals surface area contributed by atoms with Gasteiger partial charge in [0.25, 0.3) is 0 Å². The lowest BCUT2D eigenvalue weighted by atomic mass is 9.89. The van der Waals surface area contributed by atoms with Crippen molar-refractivity contribution in [3.63, 3.8) is 0 Å². The zero-order valence-electron chi connectivity index (χ0n) is 9.68. The molecule has 96 valence electrons. The fourth-order valence-electron chi connectivity index (χ4n) is 2.01. The van der Waals surface area contributed by atoms with Gasteiger partial charge in [-0.3, -0.25) is 9.69 Å². The van der Waals surface area contributed by atoms with Crippen LogP contribution in [0, 0.1) is 5.41 Å². The molecular formula is C10H17ClN4OS. The number of nitrogen functional groups attached to an aromatic ring is 1. The minimum absolute atomic E-state index is 0. The van der Waals surface area contributed by atoms with Gasteiger partial charge in [-0.05, 0) is 19.9 Å². The zero-order valence-corrected chi connectivity index (χ0v) is 11.3. The predicted molar refractivity (Wildman–Crippen MR) is 71.0 cm³/mol. The van der Waals surface area contributed by atoms with Crippen LogP contribution >= 0.6 is 23.7 Å². The summed E-state index contributed by atoms with van der Waals surface area (Å²) in [5, 5.41) is 0.590. The fraction of sp³-hybridized carbons (Fsp3) is 0.600. The number of nitrogens with zero attached hydrogens (tertiary/aromatic N) is 2. The van der Waals surface area contributed by atoms with Gasteiger partial charge >= 0.3 is 0 Å². The summed E-state index contributed by atoms with van der Waals surface area (Å²) >= 11 is 1.49. The van der Waals surface area contributed by atoms with E-state index >= 15 is 0 Å². The molecule has 0 aliphatic carbocycles. The van der Waals surface area contributed by atoms with Crippen molar-refractivity contribution in [2.45, 2.75) is 19.9 Å². The molecule has 1 aliphatic heterocycles. The molecular weight excluding hydrogens is 260 g/mol. The van der Waals surface area contributed by atoms with Crippen LogP contribution in [0.1, 0.15) is 18.2 Å². The number of aromatic nitrogens is 1. The van der Waals surface area contributed by atoms with Crippen molar-refractivity contribution in [3.05, 3.63) is 11.1 Å². The van der Waals surface area contributed by atoms with Gasteiger partial charge in [-0.1, -0.05) is 0 Å². The molecule has 0 radical (unpaired) electrons. The molecule has 4 N–H and O–H groups in total. The second-order valence-corrected chi connectivity index (χ2v) is 5.70. The largest absolute Gasteiger partial charge is 0.375 e. The summed E-state index contributed by atoms with van der Waals surface area (Å²) in [6.07, 6.45) is 2.62. The number of amides is 1. The summed E-state index contributed by atoms with van der Waals surface area (Å²) in [7, 11) is 0. The molecule has 1 aromatic heterocycles. The van der Waals surface area contributed by atoms with Gasteiger partial charge in [0.05, 0.1) is 5.41 Å². The Morgan fingerprint density at radius 1 is 1.71 bits per heavy atom. The first kappa shape index (κ1) is 14.2. The van der Waals surface area contributed by atoms with Gasteiger partial charge < -0.3 is 11.5 Å². The van der Waals surface area contributed by atoms with Crippen molar-refractivity contribution < 1.29 is 4.79 Å². The Labute approximate surface area is 111 Å². The van der Waals surface area contributed by atoms with Crippen molar-refractivity contribution in [2.24, 2.45) is 11.1 Å². The molecule has 2 rings (SSSR count). The first-order valence-electron chi connectivity index (χ1n) is 5.22. The van der Waals surface area contributed by atoms with E-state index in [-0.39, 0.29) is 23.7 Å². The lowest BCUT2D eigenvalue weighted by Gasteiger charge is -2.20. The van der Waals surface area contributed by atoms with Gasteiger partial charge in [0.1, 0.15) is 0 Å². The molecule has 0 bridgehead atoms. The fourth-order valence-corrected chi connectivity index (χ4v) is 2.74. The summed E-state index contributed by atoms with van der Waals surface area (Å²) in [4.78, 5) is 18.7. The van der Waals surface area contributed by atoms with E-state index in [1.165, 1.54) is 11.3 Å². The summed E-state index contributed by atoms with van der Waals surface area (Å²) in [6, 6.07) is 0. The Balaban J connectivity index is 0.00000144. The molecule has 1 saturated heterocycles. The Kier molecular flexibility index (Phi) is 4.35. The number of hydrogen-bond donors (Lipinski definition) is 2. The Morgan fingerprint density at radius 3 is 2.88 bits per heavy atom. The van der Waals surface area contributed by atoms with Crippen LogP contribution in [0.3, 0.4) is 0 Å². The van der Waals surface area contributed by atoms with E-state index in [0.717, 1.165) is 30.9 Å². The monoisotopic (exact) mass is 276 g/mol. The lowest BCUT2D eigenvalue weighted by Crippen LogP contribution is -2.36. The Hall–Kier alpha value is -0.850. The molecule has 2 heterocycles. The highest BCUT2D eigenvalue weighted by Crippen LogP contribution is 2.31. The van der Waals surface area contributed by atoms with E-state index in [0.29, 0.717) is 5.13 Å². The number of halogens is 1. The summed E-state index contributed by atoms with van der Waals surface area (Å²) in [5.41, 5.74) is 10.6. The first-order valence-corrected chi connectivity index (χ1v) is 6.04. The topological polar surface area (TPSA) is 85.2 Å². The SMILES string of the molecule is CC1(C(N)=O)CCN(Cc2cnc(N)s2)C1.Cl. The van der Waals surface area contributed by atoms with Crippen molar-refractivity contribution in [3.8, 4) is 0 Å². The minimum atomic E-state index is -0.379. The molecule has 1 aliphatic rings. The van der Waals surface area contributed by atoms with Crippen LogP contribution in [0.15, 0.2) is 6.20 Å². The van der Waals surface area contributed by atoms with Gasteiger partial charge in [0.15, 0.2) is 5.13 Å². The van der Waals surface area contributed by atoms with Crippen LogP contribution in [0.4, 0.5) is 5.13 Å². The van der Waals surface area contributed by atoms with Crippen molar-refractivity contribution in [2.75, 3.05) is 18.8 Å². The van der Waals surface area contributed by atoms with Crippen molar-refractivity contribution >= 4 is 34.8 Å². The van der Waals surface area contributed by atoms with Crippen LogP contribution in [0.25, 0.3) is 0 Å². The van der Waals surface area contributed by atoms with Gasteiger partial charge in [0, 0.05) is 24.2 Å². The van der Waals surface area contributed by atoms with Crippen LogP contribution < -0.4 is 11.5 Å². The van der Waals surface area contributed by atoms with E-state index in [9.17, 15) is 4.79 Å². The minimum Gasteiger partial charge on any atom is -0.375 e. The molecule has 17 heavy (non-hydrogen) atoms. The number of carbonyl (C=O) groups excluding carboxylic acids is 1. The highest BCUT2D eigenvalue weighted by molar-refractivity contribution is 7.15. The molecule has 0 aromatic carbocycles. The Morgan fingerprint density at radius 2 is 2.41 bits per heavy atom. The van der Waals surface area contributed by atoms with E-state index in [4.69, 9.17) is 11.5 Å². The number of primary amides is 1. The number of carbonyl (C=O) groups is 1. The molecule has 1 atom stereocenters. The second kappa shape index (κ2) is 5.20. The Bertz CT molecular complexity index is 411. The second-order valence-electron chi connectivity index (χ2n) is 4.55. The number of thiazole rings is 1. The molecule has 1 unspecified atom stereocenters. The molecule has 0 spiro atoms. The normalized spacial score (nSPS) is 24.5. The third-order valence-corrected chi connectivity index (χ3v) is 3.91. The molecule has 5 nitrogen and oxygen atoms in total. The van der Waals surface area contributed by atoms with E-state index in [2.05, 4.69) is 9.88 Å². The number of anilines is 1. The number of rotatable bonds is 3. The van der Waals surface area contributed by atoms with Crippen molar-refractivity contribution in [1.29, 1.82) is 0 Å². The van der Waals surface area contributed by atoms with Gasteiger partial charge in [-0.25, -0.2) is 4.98 Å². The third-order valence-electron chi connectivity index (χ3n) is 3.10. The predicted octanol–water partition coefficient (Wildman–Crippen LogP) is 0.844.